The Labute approximate surface area is 130 Å². The third-order valence-electron chi connectivity index (χ3n) is 4.17. The molecule has 112 valence electrons. The van der Waals surface area contributed by atoms with E-state index in [1.165, 1.54) is 16.6 Å². The predicted octanol–water partition coefficient (Wildman–Crippen LogP) is 3.84. The van der Waals surface area contributed by atoms with E-state index in [1.54, 1.807) is 0 Å². The van der Waals surface area contributed by atoms with Gasteiger partial charge < -0.3 is 10.3 Å². The van der Waals surface area contributed by atoms with Gasteiger partial charge in [-0.1, -0.05) is 38.4 Å². The molecule has 4 heteroatoms. The summed E-state index contributed by atoms with van der Waals surface area (Å²) in [5.41, 5.74) is 3.37. The molecule has 1 aliphatic carbocycles. The Morgan fingerprint density at radius 2 is 2.14 bits per heavy atom. The summed E-state index contributed by atoms with van der Waals surface area (Å²) in [6.45, 7) is 5.85. The van der Waals surface area contributed by atoms with Crippen LogP contribution in [0.3, 0.4) is 0 Å². The van der Waals surface area contributed by atoms with E-state index >= 15 is 0 Å². The van der Waals surface area contributed by atoms with Crippen molar-refractivity contribution in [3.63, 3.8) is 0 Å². The van der Waals surface area contributed by atoms with Gasteiger partial charge in [-0.05, 0) is 37.0 Å². The first-order chi connectivity index (χ1) is 9.84. The molecule has 2 N–H and O–H groups in total. The third kappa shape index (κ3) is 2.80. The number of hydrogen-bond donors (Lipinski definition) is 2. The number of aryl methyl sites for hydroxylation is 1. The number of halogens is 1. The number of rotatable bonds is 1. The van der Waals surface area contributed by atoms with Crippen LogP contribution >= 0.6 is 11.6 Å². The molecular weight excluding hydrogens is 284 g/mol. The van der Waals surface area contributed by atoms with Gasteiger partial charge in [0, 0.05) is 33.1 Å². The van der Waals surface area contributed by atoms with Gasteiger partial charge in [-0.2, -0.15) is 0 Å². The number of carbonyl (C=O) groups is 1. The van der Waals surface area contributed by atoms with Gasteiger partial charge >= 0.3 is 0 Å². The Hall–Kier alpha value is -1.48. The molecule has 3 rings (SSSR count). The van der Waals surface area contributed by atoms with Gasteiger partial charge in [-0.25, -0.2) is 0 Å². The number of amides is 1. The fraction of sp³-hybridized carbons (Fsp3) is 0.471. The maximum atomic E-state index is 12.2. The van der Waals surface area contributed by atoms with E-state index in [2.05, 4.69) is 16.4 Å². The zero-order valence-corrected chi connectivity index (χ0v) is 13.5. The van der Waals surface area contributed by atoms with Gasteiger partial charge in [-0.15, -0.1) is 0 Å². The molecule has 1 amide bonds. The maximum Gasteiger partial charge on any atom is 0.225 e. The molecular formula is C17H21ClN2O. The van der Waals surface area contributed by atoms with Gasteiger partial charge in [0.15, 0.2) is 0 Å². The summed E-state index contributed by atoms with van der Waals surface area (Å²) in [6.07, 6.45) is 2.84. The van der Waals surface area contributed by atoms with E-state index in [0.29, 0.717) is 0 Å². The van der Waals surface area contributed by atoms with Crippen molar-refractivity contribution in [1.82, 2.24) is 10.3 Å². The second-order valence-electron chi connectivity index (χ2n) is 6.94. The zero-order chi connectivity index (χ0) is 15.2. The van der Waals surface area contributed by atoms with Gasteiger partial charge in [0.25, 0.3) is 0 Å². The van der Waals surface area contributed by atoms with Crippen molar-refractivity contribution in [3.05, 3.63) is 34.5 Å². The van der Waals surface area contributed by atoms with E-state index in [-0.39, 0.29) is 17.4 Å². The van der Waals surface area contributed by atoms with Crippen LogP contribution in [0.15, 0.2) is 18.2 Å². The van der Waals surface area contributed by atoms with Crippen LogP contribution in [0, 0.1) is 5.41 Å². The van der Waals surface area contributed by atoms with Gasteiger partial charge in [0.05, 0.1) is 0 Å². The van der Waals surface area contributed by atoms with Crippen LogP contribution in [-0.2, 0) is 17.6 Å². The third-order valence-corrected chi connectivity index (χ3v) is 4.40. The molecule has 21 heavy (non-hydrogen) atoms. The average Bonchev–Trinajstić information content (AvgIpc) is 2.74. The number of carbonyl (C=O) groups excluding carboxylic acids is 1. The first kappa shape index (κ1) is 14.5. The second-order valence-corrected chi connectivity index (χ2v) is 7.37. The molecule has 2 aromatic rings. The average molecular weight is 305 g/mol. The normalized spacial score (nSPS) is 18.6. The van der Waals surface area contributed by atoms with Crippen molar-refractivity contribution < 1.29 is 4.79 Å². The Morgan fingerprint density at radius 1 is 1.38 bits per heavy atom. The van der Waals surface area contributed by atoms with Crippen molar-refractivity contribution in [2.75, 3.05) is 0 Å². The summed E-state index contributed by atoms with van der Waals surface area (Å²) in [6, 6.07) is 6.19. The highest BCUT2D eigenvalue weighted by atomic mass is 35.5. The summed E-state index contributed by atoms with van der Waals surface area (Å²) in [5.74, 6) is 0.124. The fourth-order valence-electron chi connectivity index (χ4n) is 2.92. The SMILES string of the molecule is CC(C)(C)C(=O)NC1CCc2[nH]c3cc(Cl)ccc3c2C1. The van der Waals surface area contributed by atoms with Gasteiger partial charge in [0.1, 0.15) is 0 Å². The number of hydrogen-bond acceptors (Lipinski definition) is 1. The summed E-state index contributed by atoms with van der Waals surface area (Å²) in [4.78, 5) is 15.6. The number of aromatic nitrogens is 1. The van der Waals surface area contributed by atoms with Crippen LogP contribution in [0.2, 0.25) is 5.02 Å². The molecule has 1 aliphatic rings. The lowest BCUT2D eigenvalue weighted by Gasteiger charge is -2.27. The lowest BCUT2D eigenvalue weighted by molar-refractivity contribution is -0.129. The molecule has 1 aromatic carbocycles. The number of benzene rings is 1. The fourth-order valence-corrected chi connectivity index (χ4v) is 3.09. The van der Waals surface area contributed by atoms with Crippen molar-refractivity contribution in [2.24, 2.45) is 5.41 Å². The summed E-state index contributed by atoms with van der Waals surface area (Å²) in [5, 5.41) is 5.16. The van der Waals surface area contributed by atoms with Crippen LogP contribution in [0.25, 0.3) is 10.9 Å². The molecule has 0 spiro atoms. The standard InChI is InChI=1S/C17H21ClN2O/c1-17(2,3)16(21)19-11-5-7-14-13(9-11)12-6-4-10(18)8-15(12)20-14/h4,6,8,11,20H,5,7,9H2,1-3H3,(H,19,21). The number of nitrogens with one attached hydrogen (secondary N) is 2. The number of H-pyrrole nitrogens is 1. The minimum Gasteiger partial charge on any atom is -0.358 e. The molecule has 1 atom stereocenters. The van der Waals surface area contributed by atoms with Crippen LogP contribution in [-0.4, -0.2) is 16.9 Å². The quantitative estimate of drug-likeness (QED) is 0.826. The van der Waals surface area contributed by atoms with Gasteiger partial charge in [0.2, 0.25) is 5.91 Å². The molecule has 0 radical (unpaired) electrons. The van der Waals surface area contributed by atoms with E-state index in [4.69, 9.17) is 11.6 Å². The first-order valence-corrected chi connectivity index (χ1v) is 7.82. The van der Waals surface area contributed by atoms with Crippen molar-refractivity contribution in [1.29, 1.82) is 0 Å². The Balaban J connectivity index is 1.85. The Kier molecular flexibility index (Phi) is 3.48. The smallest absolute Gasteiger partial charge is 0.225 e. The monoisotopic (exact) mass is 304 g/mol. The minimum atomic E-state index is -0.339. The van der Waals surface area contributed by atoms with Crippen molar-refractivity contribution in [3.8, 4) is 0 Å². The van der Waals surface area contributed by atoms with Gasteiger partial charge in [-0.3, -0.25) is 4.79 Å². The number of aromatic amines is 1. The highest BCUT2D eigenvalue weighted by Gasteiger charge is 2.27. The largest absolute Gasteiger partial charge is 0.358 e. The summed E-state index contributed by atoms with van der Waals surface area (Å²) < 4.78 is 0. The highest BCUT2D eigenvalue weighted by molar-refractivity contribution is 6.31. The van der Waals surface area contributed by atoms with Crippen LogP contribution < -0.4 is 5.32 Å². The van der Waals surface area contributed by atoms with E-state index in [9.17, 15) is 4.79 Å². The van der Waals surface area contributed by atoms with Crippen LogP contribution in [0.5, 0.6) is 0 Å². The van der Waals surface area contributed by atoms with E-state index in [0.717, 1.165) is 29.8 Å². The molecule has 0 bridgehead atoms. The van der Waals surface area contributed by atoms with E-state index < -0.39 is 0 Å². The predicted molar refractivity (Wildman–Crippen MR) is 86.7 cm³/mol. The number of fused-ring (bicyclic) bond motifs is 3. The Morgan fingerprint density at radius 3 is 2.86 bits per heavy atom. The summed E-state index contributed by atoms with van der Waals surface area (Å²) >= 11 is 6.05. The molecule has 0 aliphatic heterocycles. The second kappa shape index (κ2) is 5.06. The first-order valence-electron chi connectivity index (χ1n) is 7.44. The minimum absolute atomic E-state index is 0.124. The molecule has 0 saturated carbocycles. The van der Waals surface area contributed by atoms with Crippen LogP contribution in [0.4, 0.5) is 0 Å². The zero-order valence-electron chi connectivity index (χ0n) is 12.7. The van der Waals surface area contributed by atoms with Crippen LogP contribution in [0.1, 0.15) is 38.4 Å². The topological polar surface area (TPSA) is 44.9 Å². The lowest BCUT2D eigenvalue weighted by atomic mass is 9.89. The molecule has 0 saturated heterocycles. The van der Waals surface area contributed by atoms with Crippen molar-refractivity contribution >= 4 is 28.4 Å². The molecule has 3 nitrogen and oxygen atoms in total. The molecule has 1 aromatic heterocycles. The highest BCUT2D eigenvalue weighted by Crippen LogP contribution is 2.31. The van der Waals surface area contributed by atoms with E-state index in [1.807, 2.05) is 32.9 Å². The maximum absolute atomic E-state index is 12.2. The molecule has 1 unspecified atom stereocenters. The summed E-state index contributed by atoms with van der Waals surface area (Å²) in [7, 11) is 0. The van der Waals surface area contributed by atoms with Crippen molar-refractivity contribution in [2.45, 2.75) is 46.1 Å². The Bertz CT molecular complexity index is 697. The molecule has 0 fully saturated rings. The molecule has 1 heterocycles. The lowest BCUT2D eigenvalue weighted by Crippen LogP contribution is -2.44.